The Morgan fingerprint density at radius 2 is 2.00 bits per heavy atom. The maximum atomic E-state index is 13.8. The number of amides is 2. The number of aryl methyl sites for hydroxylation is 1. The molecular weight excluding hydrogens is 504 g/mol. The monoisotopic (exact) mass is 530 g/mol. The molecule has 0 atom stereocenters. The van der Waals surface area contributed by atoms with Gasteiger partial charge >= 0.3 is 6.09 Å². The van der Waals surface area contributed by atoms with Crippen molar-refractivity contribution in [2.75, 3.05) is 23.5 Å². The molecule has 2 N–H and O–H groups in total. The molecule has 1 aromatic heterocycles. The molecule has 2 heterocycles. The fraction of sp³-hybridized carbons (Fsp3) is 0.400. The smallest absolute Gasteiger partial charge is 0.404 e. The van der Waals surface area contributed by atoms with Crippen molar-refractivity contribution in [1.29, 1.82) is 0 Å². The van der Waals surface area contributed by atoms with E-state index in [2.05, 4.69) is 5.32 Å². The predicted octanol–water partition coefficient (Wildman–Crippen LogP) is 3.59. The Morgan fingerprint density at radius 3 is 2.72 bits per heavy atom. The van der Waals surface area contributed by atoms with Crippen LogP contribution in [-0.2, 0) is 33.1 Å². The minimum atomic E-state index is -3.11. The van der Waals surface area contributed by atoms with Crippen LogP contribution < -0.4 is 10.2 Å². The highest BCUT2D eigenvalue weighted by atomic mass is 35.5. The maximum absolute atomic E-state index is 13.8. The lowest BCUT2D eigenvalue weighted by molar-refractivity contribution is -0.128. The van der Waals surface area contributed by atoms with Gasteiger partial charge < -0.3 is 19.9 Å². The molecule has 2 amide bonds. The number of anilines is 1. The predicted molar refractivity (Wildman–Crippen MR) is 137 cm³/mol. The Bertz CT molecular complexity index is 1460. The van der Waals surface area contributed by atoms with Crippen molar-refractivity contribution in [2.45, 2.75) is 37.8 Å². The lowest BCUT2D eigenvalue weighted by Gasteiger charge is -2.44. The van der Waals surface area contributed by atoms with Crippen molar-refractivity contribution < 1.29 is 23.1 Å². The Hall–Kier alpha value is -3.11. The molecule has 2 aliphatic rings. The number of hydrogen-bond donors (Lipinski definition) is 2. The summed E-state index contributed by atoms with van der Waals surface area (Å²) in [4.78, 5) is 31.3. The van der Waals surface area contributed by atoms with Crippen LogP contribution in [0.15, 0.2) is 42.5 Å². The van der Waals surface area contributed by atoms with Crippen molar-refractivity contribution in [3.05, 3.63) is 58.9 Å². The topological polar surface area (TPSA) is 122 Å². The fourth-order valence-electron chi connectivity index (χ4n) is 5.60. The summed E-state index contributed by atoms with van der Waals surface area (Å²) >= 11 is 6.19. The number of carbonyl (C=O) groups is 2. The largest absolute Gasteiger partial charge is 0.465 e. The molecule has 0 bridgehead atoms. The van der Waals surface area contributed by atoms with Crippen molar-refractivity contribution >= 4 is 50.2 Å². The number of benzene rings is 2. The first-order valence-corrected chi connectivity index (χ1v) is 14.2. The summed E-state index contributed by atoms with van der Waals surface area (Å²) in [6.45, 7) is 1.00. The number of nitrogens with one attached hydrogen (secondary N) is 1. The van der Waals surface area contributed by atoms with Crippen LogP contribution in [0.4, 0.5) is 10.5 Å². The molecule has 1 fully saturated rings. The van der Waals surface area contributed by atoms with E-state index in [0.717, 1.165) is 16.8 Å². The molecular formula is C25H27ClN4O5S. The third kappa shape index (κ3) is 4.43. The molecule has 1 saturated carbocycles. The van der Waals surface area contributed by atoms with E-state index in [4.69, 9.17) is 21.7 Å². The lowest BCUT2D eigenvalue weighted by Crippen LogP contribution is -2.52. The zero-order valence-corrected chi connectivity index (χ0v) is 21.3. The van der Waals surface area contributed by atoms with Gasteiger partial charge in [0.2, 0.25) is 5.91 Å². The second kappa shape index (κ2) is 9.08. The van der Waals surface area contributed by atoms with Crippen molar-refractivity contribution in [3.8, 4) is 0 Å². The Morgan fingerprint density at radius 1 is 1.25 bits per heavy atom. The van der Waals surface area contributed by atoms with Crippen LogP contribution in [0, 0.1) is 5.92 Å². The van der Waals surface area contributed by atoms with Gasteiger partial charge in [-0.3, -0.25) is 4.79 Å². The van der Waals surface area contributed by atoms with E-state index >= 15 is 0 Å². The van der Waals surface area contributed by atoms with Gasteiger partial charge in [-0.05, 0) is 55.0 Å². The van der Waals surface area contributed by atoms with Gasteiger partial charge in [-0.15, -0.1) is 0 Å². The quantitative estimate of drug-likeness (QED) is 0.459. The van der Waals surface area contributed by atoms with Gasteiger partial charge in [-0.1, -0.05) is 29.8 Å². The summed E-state index contributed by atoms with van der Waals surface area (Å²) in [7, 11) is -3.11. The lowest BCUT2D eigenvalue weighted by atomic mass is 9.59. The fourth-order valence-corrected chi connectivity index (χ4v) is 6.42. The number of aromatic nitrogens is 2. The summed E-state index contributed by atoms with van der Waals surface area (Å²) in [6.07, 6.45) is 1.74. The number of rotatable bonds is 8. The normalized spacial score (nSPS) is 21.1. The van der Waals surface area contributed by atoms with Crippen LogP contribution in [-0.4, -0.2) is 53.6 Å². The van der Waals surface area contributed by atoms with Gasteiger partial charge in [0.05, 0.1) is 28.7 Å². The van der Waals surface area contributed by atoms with Crippen LogP contribution >= 0.6 is 11.6 Å². The van der Waals surface area contributed by atoms with Crippen molar-refractivity contribution in [1.82, 2.24) is 14.9 Å². The zero-order chi connectivity index (χ0) is 25.7. The van der Waals surface area contributed by atoms with Gasteiger partial charge in [0, 0.05) is 30.1 Å². The van der Waals surface area contributed by atoms with Crippen LogP contribution in [0.2, 0.25) is 5.02 Å². The number of sulfone groups is 1. The molecule has 5 rings (SSSR count). The van der Waals surface area contributed by atoms with Crippen LogP contribution in [0.25, 0.3) is 11.0 Å². The number of hydrogen-bond acceptors (Lipinski definition) is 5. The number of halogens is 1. The molecule has 0 radical (unpaired) electrons. The number of nitrogens with zero attached hydrogens (tertiary/aromatic N) is 3. The van der Waals surface area contributed by atoms with Crippen LogP contribution in [0.5, 0.6) is 0 Å². The van der Waals surface area contributed by atoms with E-state index in [1.165, 1.54) is 6.26 Å². The number of fused-ring (bicyclic) bond motifs is 3. The van der Waals surface area contributed by atoms with Crippen LogP contribution in [0.3, 0.4) is 0 Å². The second-order valence-corrected chi connectivity index (χ2v) is 12.4. The molecule has 2 aromatic carbocycles. The minimum absolute atomic E-state index is 0.0111. The van der Waals surface area contributed by atoms with E-state index < -0.39 is 21.3 Å². The summed E-state index contributed by atoms with van der Waals surface area (Å²) in [5.41, 5.74) is 2.66. The SMILES string of the molecule is CS(=O)(=O)CCCn1c(CN2c3ccccc3[C@]3(C[C@@H](CNC(=O)O)C3)C2=O)nc2cc(Cl)ccc21. The highest BCUT2D eigenvalue weighted by Crippen LogP contribution is 2.56. The minimum Gasteiger partial charge on any atom is -0.465 e. The van der Waals surface area contributed by atoms with Gasteiger partial charge in [0.15, 0.2) is 0 Å². The van der Waals surface area contributed by atoms with Crippen LogP contribution in [0.1, 0.15) is 30.7 Å². The molecule has 0 saturated heterocycles. The van der Waals surface area contributed by atoms with E-state index in [0.29, 0.717) is 48.7 Å². The number of imidazole rings is 1. The zero-order valence-electron chi connectivity index (χ0n) is 19.8. The van der Waals surface area contributed by atoms with E-state index in [-0.39, 0.29) is 24.1 Å². The third-order valence-corrected chi connectivity index (χ3v) is 8.43. The first-order valence-electron chi connectivity index (χ1n) is 11.8. The second-order valence-electron chi connectivity index (χ2n) is 9.75. The summed E-state index contributed by atoms with van der Waals surface area (Å²) in [5, 5.41) is 11.9. The first-order chi connectivity index (χ1) is 17.1. The van der Waals surface area contributed by atoms with Gasteiger partial charge in [-0.25, -0.2) is 18.2 Å². The Balaban J connectivity index is 1.45. The number of carboxylic acid groups (broad SMARTS) is 1. The van der Waals surface area contributed by atoms with Crippen molar-refractivity contribution in [3.63, 3.8) is 0 Å². The van der Waals surface area contributed by atoms with E-state index in [1.54, 1.807) is 17.0 Å². The Labute approximate surface area is 214 Å². The number of para-hydroxylation sites is 1. The van der Waals surface area contributed by atoms with Gasteiger partial charge in [-0.2, -0.15) is 0 Å². The average molecular weight is 531 g/mol. The van der Waals surface area contributed by atoms with E-state index in [1.807, 2.05) is 34.9 Å². The molecule has 3 aromatic rings. The summed E-state index contributed by atoms with van der Waals surface area (Å²) in [5.74, 6) is 0.799. The summed E-state index contributed by atoms with van der Waals surface area (Å²) < 4.78 is 25.4. The number of carbonyl (C=O) groups excluding carboxylic acids is 1. The Kier molecular flexibility index (Phi) is 6.20. The highest BCUT2D eigenvalue weighted by Gasteiger charge is 2.58. The molecule has 36 heavy (non-hydrogen) atoms. The first kappa shape index (κ1) is 24.6. The highest BCUT2D eigenvalue weighted by molar-refractivity contribution is 7.90. The molecule has 11 heteroatoms. The van der Waals surface area contributed by atoms with E-state index in [9.17, 15) is 18.0 Å². The average Bonchev–Trinajstić information content (AvgIpc) is 3.23. The molecule has 1 spiro atoms. The standard InChI is InChI=1S/C25H27ClN4O5S/c1-36(34,35)10-4-9-29-21-8-7-17(26)11-19(21)28-22(29)15-30-20-6-3-2-5-18(20)25(23(30)31)12-16(13-25)14-27-24(32)33/h2-3,5-8,11,16,27H,4,9-10,12-15H2,1H3,(H,32,33)/t16-,25-. The molecule has 1 aliphatic heterocycles. The molecule has 1 aliphatic carbocycles. The summed E-state index contributed by atoms with van der Waals surface area (Å²) in [6, 6.07) is 13.1. The molecule has 9 nitrogen and oxygen atoms in total. The third-order valence-electron chi connectivity index (χ3n) is 7.17. The van der Waals surface area contributed by atoms with Gasteiger partial charge in [0.1, 0.15) is 15.7 Å². The van der Waals surface area contributed by atoms with Crippen molar-refractivity contribution in [2.24, 2.45) is 5.92 Å². The molecule has 0 unspecified atom stereocenters. The maximum Gasteiger partial charge on any atom is 0.404 e. The molecule has 190 valence electrons. The van der Waals surface area contributed by atoms with Gasteiger partial charge in [0.25, 0.3) is 0 Å².